The van der Waals surface area contributed by atoms with E-state index in [4.69, 9.17) is 0 Å². The van der Waals surface area contributed by atoms with Gasteiger partial charge in [0.15, 0.2) is 0 Å². The fourth-order valence-corrected chi connectivity index (χ4v) is 2.72. The predicted molar refractivity (Wildman–Crippen MR) is 128 cm³/mol. The highest BCUT2D eigenvalue weighted by molar-refractivity contribution is 5.63. The molecule has 30 heavy (non-hydrogen) atoms. The zero-order chi connectivity index (χ0) is 22.7. The van der Waals surface area contributed by atoms with E-state index < -0.39 is 11.6 Å². The first-order chi connectivity index (χ1) is 14.2. The van der Waals surface area contributed by atoms with Crippen LogP contribution in [0.1, 0.15) is 45.2 Å². The van der Waals surface area contributed by atoms with Crippen molar-refractivity contribution in [2.24, 2.45) is 5.41 Å². The molecule has 0 spiro atoms. The molecule has 0 aliphatic carbocycles. The fourth-order valence-electron chi connectivity index (χ4n) is 2.72. The first kappa shape index (κ1) is 24.9. The molecule has 0 aliphatic heterocycles. The van der Waals surface area contributed by atoms with Crippen LogP contribution in [0, 0.1) is 29.1 Å². The van der Waals surface area contributed by atoms with E-state index in [2.05, 4.69) is 54.1 Å². The Hall–Kier alpha value is -3.17. The fraction of sp³-hybridized carbons (Fsp3) is 0.333. The number of hydrogen-bond acceptors (Lipinski definition) is 2. The molecule has 2 nitrogen and oxygen atoms in total. The molecule has 0 radical (unpaired) electrons. The van der Waals surface area contributed by atoms with Crippen LogP contribution < -0.4 is 10.6 Å². The van der Waals surface area contributed by atoms with E-state index in [1.54, 1.807) is 14.0 Å². The summed E-state index contributed by atoms with van der Waals surface area (Å²) in [5.74, 6) is 11.8. The topological polar surface area (TPSA) is 24.1 Å². The van der Waals surface area contributed by atoms with Crippen molar-refractivity contribution in [3.63, 3.8) is 0 Å². The van der Waals surface area contributed by atoms with Gasteiger partial charge in [-0.25, -0.2) is 4.39 Å². The summed E-state index contributed by atoms with van der Waals surface area (Å²) >= 11 is 0. The van der Waals surface area contributed by atoms with Gasteiger partial charge in [-0.05, 0) is 49.8 Å². The monoisotopic (exact) mass is 404 g/mol. The second kappa shape index (κ2) is 11.7. The van der Waals surface area contributed by atoms with Crippen molar-refractivity contribution in [3.05, 3.63) is 78.6 Å². The van der Waals surface area contributed by atoms with Crippen molar-refractivity contribution in [1.29, 1.82) is 0 Å². The SMILES string of the molecule is C=CC/C(C#CC#Cc1ccc(C(=C)NC(C(=C)NC)C(C)(C)C(C)F)cc1)=C\C. The van der Waals surface area contributed by atoms with Crippen LogP contribution in [-0.4, -0.2) is 19.3 Å². The lowest BCUT2D eigenvalue weighted by atomic mass is 9.78. The Labute approximate surface area is 182 Å². The van der Waals surface area contributed by atoms with E-state index in [9.17, 15) is 4.39 Å². The van der Waals surface area contributed by atoms with Crippen LogP contribution in [0.4, 0.5) is 4.39 Å². The highest BCUT2D eigenvalue weighted by atomic mass is 19.1. The smallest absolute Gasteiger partial charge is 0.105 e. The summed E-state index contributed by atoms with van der Waals surface area (Å²) in [5, 5.41) is 6.37. The molecule has 2 atom stereocenters. The molecule has 0 aromatic heterocycles. The first-order valence-electron chi connectivity index (χ1n) is 10.0. The lowest BCUT2D eigenvalue weighted by molar-refractivity contribution is 0.129. The third-order valence-electron chi connectivity index (χ3n) is 5.20. The molecule has 3 heteroatoms. The summed E-state index contributed by atoms with van der Waals surface area (Å²) in [5.41, 5.74) is 3.52. The lowest BCUT2D eigenvalue weighted by Gasteiger charge is -2.38. The molecule has 0 bridgehead atoms. The largest absolute Gasteiger partial charge is 0.390 e. The molecule has 1 aromatic rings. The summed E-state index contributed by atoms with van der Waals surface area (Å²) in [6.45, 7) is 19.1. The Morgan fingerprint density at radius 2 is 1.83 bits per heavy atom. The number of hydrogen-bond donors (Lipinski definition) is 2. The van der Waals surface area contributed by atoms with Crippen LogP contribution in [0.3, 0.4) is 0 Å². The number of alkyl halides is 1. The van der Waals surface area contributed by atoms with Crippen molar-refractivity contribution < 1.29 is 4.39 Å². The molecule has 2 unspecified atom stereocenters. The van der Waals surface area contributed by atoms with Gasteiger partial charge in [-0.15, -0.1) is 6.58 Å². The van der Waals surface area contributed by atoms with E-state index in [1.165, 1.54) is 0 Å². The van der Waals surface area contributed by atoms with Gasteiger partial charge in [0.05, 0.1) is 6.04 Å². The van der Waals surface area contributed by atoms with Crippen molar-refractivity contribution in [2.75, 3.05) is 7.05 Å². The van der Waals surface area contributed by atoms with Crippen LogP contribution in [0.5, 0.6) is 0 Å². The van der Waals surface area contributed by atoms with Gasteiger partial charge in [0.2, 0.25) is 0 Å². The Bertz CT molecular complexity index is 910. The highest BCUT2D eigenvalue weighted by Gasteiger charge is 2.37. The number of nitrogens with one attached hydrogen (secondary N) is 2. The molecule has 0 fully saturated rings. The zero-order valence-corrected chi connectivity index (χ0v) is 18.8. The van der Waals surface area contributed by atoms with E-state index in [0.717, 1.165) is 23.1 Å². The standard InChI is InChI=1S/C27H33FN2/c1-9-13-23(10-2)14-11-12-15-24-16-18-25(19-17-24)20(3)30-26(21(4)29-8)27(6,7)22(5)28/h9-10,16-19,22,26,29-30H,1,3-4,13H2,2,5-8H3/b23-10+. The second-order valence-electron chi connectivity index (χ2n) is 7.65. The number of allylic oxidation sites excluding steroid dienone is 3. The van der Waals surface area contributed by atoms with Crippen molar-refractivity contribution in [2.45, 2.75) is 46.3 Å². The van der Waals surface area contributed by atoms with E-state index in [-0.39, 0.29) is 6.04 Å². The summed E-state index contributed by atoms with van der Waals surface area (Å²) in [6.07, 6.45) is 3.50. The Morgan fingerprint density at radius 1 is 1.20 bits per heavy atom. The minimum absolute atomic E-state index is 0.318. The van der Waals surface area contributed by atoms with Gasteiger partial charge in [-0.3, -0.25) is 0 Å². The number of likely N-dealkylation sites (N-methyl/N-ethyl adjacent to an activating group) is 1. The summed E-state index contributed by atoms with van der Waals surface area (Å²) < 4.78 is 14.2. The average molecular weight is 405 g/mol. The molecule has 1 rings (SSSR count). The molecule has 0 saturated heterocycles. The molecule has 0 heterocycles. The first-order valence-corrected chi connectivity index (χ1v) is 10.0. The van der Waals surface area contributed by atoms with E-state index >= 15 is 0 Å². The van der Waals surface area contributed by atoms with Crippen LogP contribution in [0.25, 0.3) is 5.70 Å². The van der Waals surface area contributed by atoms with Gasteiger partial charge < -0.3 is 10.6 Å². The predicted octanol–water partition coefficient (Wildman–Crippen LogP) is 5.61. The van der Waals surface area contributed by atoms with Crippen LogP contribution in [0.2, 0.25) is 0 Å². The molecule has 158 valence electrons. The van der Waals surface area contributed by atoms with Crippen LogP contribution in [-0.2, 0) is 0 Å². The molecule has 1 aromatic carbocycles. The molecule has 0 aliphatic rings. The minimum Gasteiger partial charge on any atom is -0.390 e. The van der Waals surface area contributed by atoms with Gasteiger partial charge in [0.25, 0.3) is 0 Å². The number of benzene rings is 1. The van der Waals surface area contributed by atoms with Gasteiger partial charge in [0.1, 0.15) is 6.17 Å². The normalized spacial score (nSPS) is 12.9. The molecular weight excluding hydrogens is 371 g/mol. The van der Waals surface area contributed by atoms with Gasteiger partial charge in [-0.1, -0.05) is 63.1 Å². The maximum Gasteiger partial charge on any atom is 0.105 e. The summed E-state index contributed by atoms with van der Waals surface area (Å²) in [7, 11) is 1.78. The molecule has 2 N–H and O–H groups in total. The highest BCUT2D eigenvalue weighted by Crippen LogP contribution is 2.32. The molecule has 0 saturated carbocycles. The van der Waals surface area contributed by atoms with Gasteiger partial charge >= 0.3 is 0 Å². The minimum atomic E-state index is -1.03. The average Bonchev–Trinajstić information content (AvgIpc) is 2.73. The van der Waals surface area contributed by atoms with Crippen molar-refractivity contribution in [1.82, 2.24) is 10.6 Å². The molecular formula is C27H33FN2. The van der Waals surface area contributed by atoms with E-state index in [0.29, 0.717) is 11.4 Å². The van der Waals surface area contributed by atoms with Gasteiger partial charge in [-0.2, -0.15) is 0 Å². The van der Waals surface area contributed by atoms with Crippen LogP contribution in [0.15, 0.2) is 67.4 Å². The zero-order valence-electron chi connectivity index (χ0n) is 18.8. The summed E-state index contributed by atoms with van der Waals surface area (Å²) in [6, 6.07) is 7.39. The maximum atomic E-state index is 14.2. The van der Waals surface area contributed by atoms with Gasteiger partial charge in [0, 0.05) is 35.0 Å². The van der Waals surface area contributed by atoms with Crippen molar-refractivity contribution >= 4 is 5.70 Å². The number of halogens is 1. The molecule has 0 amide bonds. The van der Waals surface area contributed by atoms with Crippen LogP contribution >= 0.6 is 0 Å². The summed E-state index contributed by atoms with van der Waals surface area (Å²) in [4.78, 5) is 0. The third-order valence-corrected chi connectivity index (χ3v) is 5.20. The van der Waals surface area contributed by atoms with Crippen molar-refractivity contribution in [3.8, 4) is 23.7 Å². The lowest BCUT2D eigenvalue weighted by Crippen LogP contribution is -2.49. The van der Waals surface area contributed by atoms with E-state index in [1.807, 2.05) is 57.2 Å². The Morgan fingerprint density at radius 3 is 2.33 bits per heavy atom. The Balaban J connectivity index is 2.94. The maximum absolute atomic E-state index is 14.2. The third kappa shape index (κ3) is 7.02. The Kier molecular flexibility index (Phi) is 9.73. The second-order valence-corrected chi connectivity index (χ2v) is 7.65. The number of rotatable bonds is 9. The quantitative estimate of drug-likeness (QED) is 0.413.